The lowest BCUT2D eigenvalue weighted by Gasteiger charge is -2.44. The molecule has 10 nitrogen and oxygen atoms in total. The quantitative estimate of drug-likeness (QED) is 0.437. The zero-order valence-corrected chi connectivity index (χ0v) is 23.2. The number of aryl methyl sites for hydroxylation is 4. The van der Waals surface area contributed by atoms with Crippen LogP contribution in [0.4, 0.5) is 17.5 Å². The van der Waals surface area contributed by atoms with Crippen molar-refractivity contribution in [1.29, 1.82) is 0 Å². The van der Waals surface area contributed by atoms with Crippen LogP contribution in [0, 0.1) is 12.8 Å². The number of hydrogen-bond donors (Lipinski definition) is 2. The minimum absolute atomic E-state index is 0.277. The number of benzene rings is 1. The van der Waals surface area contributed by atoms with E-state index in [9.17, 15) is 4.79 Å². The number of anilines is 3. The molecule has 5 rings (SSSR count). The molecule has 2 aromatic heterocycles. The largest absolute Gasteiger partial charge is 0.369 e. The highest BCUT2D eigenvalue weighted by molar-refractivity contribution is 5.65. The number of rotatable bonds is 9. The molecule has 0 bridgehead atoms. The summed E-state index contributed by atoms with van der Waals surface area (Å²) in [5, 5.41) is 15.1. The summed E-state index contributed by atoms with van der Waals surface area (Å²) in [4.78, 5) is 24.9. The Labute approximate surface area is 224 Å². The second-order valence-electron chi connectivity index (χ2n) is 10.8. The fraction of sp³-hybridized carbons (Fsp3) is 0.607. The molecule has 0 aliphatic carbocycles. The van der Waals surface area contributed by atoms with Gasteiger partial charge in [0, 0.05) is 37.1 Å². The Kier molecular flexibility index (Phi) is 8.06. The molecule has 10 heteroatoms. The van der Waals surface area contributed by atoms with Gasteiger partial charge in [-0.3, -0.25) is 0 Å². The van der Waals surface area contributed by atoms with Crippen LogP contribution < -0.4 is 16.3 Å². The van der Waals surface area contributed by atoms with E-state index in [1.165, 1.54) is 54.6 Å². The van der Waals surface area contributed by atoms with Gasteiger partial charge in [0.1, 0.15) is 5.82 Å². The van der Waals surface area contributed by atoms with Crippen molar-refractivity contribution in [1.82, 2.24) is 34.7 Å². The van der Waals surface area contributed by atoms with E-state index in [-0.39, 0.29) is 5.69 Å². The molecule has 2 atom stereocenters. The van der Waals surface area contributed by atoms with Gasteiger partial charge in [-0.1, -0.05) is 32.8 Å². The van der Waals surface area contributed by atoms with Crippen LogP contribution in [0.25, 0.3) is 5.69 Å². The van der Waals surface area contributed by atoms with E-state index >= 15 is 0 Å². The molecule has 2 aliphatic rings. The van der Waals surface area contributed by atoms with Gasteiger partial charge in [-0.15, -0.1) is 0 Å². The lowest BCUT2D eigenvalue weighted by atomic mass is 9.83. The van der Waals surface area contributed by atoms with Crippen LogP contribution in [0.15, 0.2) is 23.1 Å². The number of piperidine rings is 2. The second-order valence-corrected chi connectivity index (χ2v) is 10.8. The van der Waals surface area contributed by atoms with Gasteiger partial charge in [0.25, 0.3) is 0 Å². The Morgan fingerprint density at radius 3 is 2.66 bits per heavy atom. The molecule has 2 aliphatic heterocycles. The fourth-order valence-corrected chi connectivity index (χ4v) is 6.07. The van der Waals surface area contributed by atoms with Gasteiger partial charge in [0.05, 0.1) is 5.69 Å². The highest BCUT2D eigenvalue weighted by Crippen LogP contribution is 2.32. The van der Waals surface area contributed by atoms with Gasteiger partial charge in [-0.2, -0.15) is 14.3 Å². The summed E-state index contributed by atoms with van der Waals surface area (Å²) in [6.07, 6.45) is 11.3. The molecule has 2 unspecified atom stereocenters. The van der Waals surface area contributed by atoms with Gasteiger partial charge < -0.3 is 15.5 Å². The van der Waals surface area contributed by atoms with E-state index in [2.05, 4.69) is 50.9 Å². The summed E-state index contributed by atoms with van der Waals surface area (Å²) in [6.45, 7) is 9.75. The van der Waals surface area contributed by atoms with Crippen LogP contribution in [-0.4, -0.2) is 60.3 Å². The average molecular weight is 520 g/mol. The van der Waals surface area contributed by atoms with Crippen LogP contribution in [0.3, 0.4) is 0 Å². The third kappa shape index (κ3) is 5.45. The molecule has 2 fully saturated rings. The van der Waals surface area contributed by atoms with E-state index in [1.807, 2.05) is 19.2 Å². The van der Waals surface area contributed by atoms with Crippen LogP contribution >= 0.6 is 0 Å². The topological polar surface area (TPSA) is 106 Å². The molecule has 1 aromatic carbocycles. The predicted octanol–water partition coefficient (Wildman–Crippen LogP) is 4.00. The molecule has 2 saturated heterocycles. The Hall–Kier alpha value is -3.27. The number of nitrogens with zero attached hydrogens (tertiary/aromatic N) is 7. The van der Waals surface area contributed by atoms with Crippen LogP contribution in [0.2, 0.25) is 0 Å². The number of hydrogen-bond acceptors (Lipinski definition) is 8. The number of aromatic nitrogens is 6. The average Bonchev–Trinajstić information content (AvgIpc) is 3.27. The van der Waals surface area contributed by atoms with Crippen molar-refractivity contribution in [3.8, 4) is 5.69 Å². The molecular formula is C28H41N9O. The summed E-state index contributed by atoms with van der Waals surface area (Å²) in [6, 6.07) is 4.73. The molecule has 0 amide bonds. The fourth-order valence-electron chi connectivity index (χ4n) is 6.07. The predicted molar refractivity (Wildman–Crippen MR) is 150 cm³/mol. The molecule has 0 saturated carbocycles. The summed E-state index contributed by atoms with van der Waals surface area (Å²) >= 11 is 0. The van der Waals surface area contributed by atoms with Crippen LogP contribution in [0.1, 0.15) is 69.1 Å². The smallest absolute Gasteiger partial charge is 0.368 e. The Morgan fingerprint density at radius 1 is 1.05 bits per heavy atom. The van der Waals surface area contributed by atoms with Gasteiger partial charge >= 0.3 is 5.69 Å². The summed E-state index contributed by atoms with van der Waals surface area (Å²) in [5.41, 5.74) is 4.52. The molecule has 204 valence electrons. The van der Waals surface area contributed by atoms with Crippen molar-refractivity contribution in [2.24, 2.45) is 13.0 Å². The maximum absolute atomic E-state index is 12.6. The maximum atomic E-state index is 12.6. The van der Waals surface area contributed by atoms with E-state index < -0.39 is 0 Å². The van der Waals surface area contributed by atoms with Gasteiger partial charge in [-0.05, 0) is 92.1 Å². The van der Waals surface area contributed by atoms with Gasteiger partial charge in [0.15, 0.2) is 0 Å². The molecule has 0 spiro atoms. The highest BCUT2D eigenvalue weighted by atomic mass is 16.2. The monoisotopic (exact) mass is 519 g/mol. The Balaban J connectivity index is 1.39. The molecule has 4 heterocycles. The lowest BCUT2D eigenvalue weighted by Crippen LogP contribution is -2.49. The van der Waals surface area contributed by atoms with E-state index in [0.717, 1.165) is 54.0 Å². The van der Waals surface area contributed by atoms with E-state index in [4.69, 9.17) is 4.98 Å². The minimum atomic E-state index is -0.277. The third-order valence-corrected chi connectivity index (χ3v) is 8.15. The minimum Gasteiger partial charge on any atom is -0.369 e. The normalized spacial score (nSPS) is 19.8. The zero-order valence-electron chi connectivity index (χ0n) is 23.2. The van der Waals surface area contributed by atoms with Crippen molar-refractivity contribution in [3.05, 3.63) is 45.5 Å². The van der Waals surface area contributed by atoms with Crippen molar-refractivity contribution >= 4 is 17.5 Å². The summed E-state index contributed by atoms with van der Waals surface area (Å²) < 4.78 is 2.58. The number of tetrazole rings is 1. The zero-order chi connectivity index (χ0) is 26.6. The molecular weight excluding hydrogens is 478 g/mol. The lowest BCUT2D eigenvalue weighted by molar-refractivity contribution is 0.0649. The first-order valence-corrected chi connectivity index (χ1v) is 14.2. The molecule has 2 N–H and O–H groups in total. The van der Waals surface area contributed by atoms with Crippen molar-refractivity contribution in [2.75, 3.05) is 30.3 Å². The van der Waals surface area contributed by atoms with Crippen molar-refractivity contribution in [3.63, 3.8) is 0 Å². The molecule has 38 heavy (non-hydrogen) atoms. The number of fused-ring (bicyclic) bond motifs is 1. The van der Waals surface area contributed by atoms with E-state index in [0.29, 0.717) is 23.6 Å². The highest BCUT2D eigenvalue weighted by Gasteiger charge is 2.32. The maximum Gasteiger partial charge on any atom is 0.368 e. The van der Waals surface area contributed by atoms with Gasteiger partial charge in [-0.25, -0.2) is 9.78 Å². The first-order chi connectivity index (χ1) is 18.5. The molecule has 3 aromatic rings. The van der Waals surface area contributed by atoms with Crippen LogP contribution in [-0.2, 0) is 19.9 Å². The Morgan fingerprint density at radius 2 is 1.89 bits per heavy atom. The summed E-state index contributed by atoms with van der Waals surface area (Å²) in [7, 11) is 1.60. The third-order valence-electron chi connectivity index (χ3n) is 8.15. The molecule has 0 radical (unpaired) electrons. The number of nitrogens with one attached hydrogen (secondary N) is 2. The van der Waals surface area contributed by atoms with E-state index in [1.54, 1.807) is 7.05 Å². The SMILES string of the molecule is CCCc1cnc(Nc2cc(-n3nnn(C)c3=O)c(CC)cc2C)nc1NCC1CCCN2CCCCC12. The Bertz CT molecular complexity index is 1310. The van der Waals surface area contributed by atoms with Crippen molar-refractivity contribution < 1.29 is 0 Å². The summed E-state index contributed by atoms with van der Waals surface area (Å²) in [5.74, 6) is 2.12. The second kappa shape index (κ2) is 11.6. The van der Waals surface area contributed by atoms with Gasteiger partial charge in [0.2, 0.25) is 5.95 Å². The van der Waals surface area contributed by atoms with Crippen LogP contribution in [0.5, 0.6) is 0 Å². The van der Waals surface area contributed by atoms with Crippen molar-refractivity contribution in [2.45, 2.75) is 78.2 Å². The standard InChI is InChI=1S/C28H41N9O/c1-5-10-22-18-30-27(32-26(22)29-17-21-11-9-14-36-13-8-7-12-24(21)36)31-23-16-25(20(6-2)15-19(23)3)37-28(38)35(4)33-34-37/h15-16,18,21,24H,5-14,17H2,1-4H3,(H2,29,30,31,32). The first kappa shape index (κ1) is 26.3. The first-order valence-electron chi connectivity index (χ1n) is 14.2.